The second-order valence-corrected chi connectivity index (χ2v) is 30.3. The van der Waals surface area contributed by atoms with Crippen LogP contribution >= 0.6 is 14.4 Å². The van der Waals surface area contributed by atoms with Crippen LogP contribution in [0.5, 0.6) is 11.5 Å². The quantitative estimate of drug-likeness (QED) is 0.345. The van der Waals surface area contributed by atoms with Crippen LogP contribution in [0.1, 0.15) is 71.9 Å². The Bertz CT molecular complexity index is 988. The van der Waals surface area contributed by atoms with E-state index in [-0.39, 0.29) is 0 Å². The fourth-order valence-electron chi connectivity index (χ4n) is 5.25. The van der Waals surface area contributed by atoms with Crippen LogP contribution in [-0.4, -0.2) is 20.7 Å². The molecule has 0 bridgehead atoms. The molecule has 2 aliphatic rings. The van der Waals surface area contributed by atoms with Gasteiger partial charge in [0.25, 0.3) is 0 Å². The van der Waals surface area contributed by atoms with Crippen molar-refractivity contribution in [2.75, 3.05) is 0 Å². The number of phenolic OH excluding ortho intramolecular Hbond substituents is 2. The fraction of sp³-hybridized carbons (Fsp3) is 0.538. The number of aromatic hydroxyl groups is 2. The van der Waals surface area contributed by atoms with Crippen LogP contribution in [0.3, 0.4) is 0 Å². The van der Waals surface area contributed by atoms with Gasteiger partial charge in [0.2, 0.25) is 0 Å². The molecule has 1 fully saturated rings. The molecule has 1 aliphatic carbocycles. The summed E-state index contributed by atoms with van der Waals surface area (Å²) in [6.45, 7) is 8.39. The van der Waals surface area contributed by atoms with Gasteiger partial charge in [-0.05, 0) is 0 Å². The molecule has 0 aromatic heterocycles. The molecule has 4 rings (SSSR count). The molecule has 2 nitrogen and oxygen atoms in total. The minimum atomic E-state index is -0.890. The molecule has 5 heteroatoms. The molecule has 2 aromatic rings. The zero-order valence-corrected chi connectivity index (χ0v) is 24.6. The van der Waals surface area contributed by atoms with Crippen LogP contribution in [0.2, 0.25) is 0 Å². The predicted molar refractivity (Wildman–Crippen MR) is 133 cm³/mol. The molecule has 0 spiro atoms. The number of aryl methyl sites for hydroxylation is 4. The van der Waals surface area contributed by atoms with Crippen LogP contribution in [0.4, 0.5) is 0 Å². The van der Waals surface area contributed by atoms with Gasteiger partial charge >= 0.3 is 201 Å². The van der Waals surface area contributed by atoms with Gasteiger partial charge in [-0.2, -0.15) is 0 Å². The van der Waals surface area contributed by atoms with E-state index in [9.17, 15) is 10.2 Å². The first-order valence-electron chi connectivity index (χ1n) is 11.6. The van der Waals surface area contributed by atoms with Crippen LogP contribution in [0.25, 0.3) is 0 Å². The van der Waals surface area contributed by atoms with E-state index in [2.05, 4.69) is 38.1 Å². The molecule has 168 valence electrons. The Hall–Kier alpha value is -0.390. The number of benzene rings is 2. The average Bonchev–Trinajstić information content (AvgIpc) is 2.98. The minimum absolute atomic E-state index is 0.504. The first-order chi connectivity index (χ1) is 14.8. The van der Waals surface area contributed by atoms with Crippen molar-refractivity contribution in [2.45, 2.75) is 88.2 Å². The summed E-state index contributed by atoms with van der Waals surface area (Å²) in [5, 5.41) is 23.3. The third-order valence-corrected chi connectivity index (χ3v) is 36.0. The first kappa shape index (κ1) is 23.8. The summed E-state index contributed by atoms with van der Waals surface area (Å²) in [4.78, 5) is 0. The van der Waals surface area contributed by atoms with Crippen molar-refractivity contribution in [3.8, 4) is 11.5 Å². The number of hydrogen-bond donors (Lipinski definition) is 2. The Morgan fingerprint density at radius 1 is 0.710 bits per heavy atom. The number of phenols is 2. The van der Waals surface area contributed by atoms with Gasteiger partial charge in [-0.25, -0.2) is 0 Å². The van der Waals surface area contributed by atoms with E-state index in [0.29, 0.717) is 25.9 Å². The fourth-order valence-corrected chi connectivity index (χ4v) is 44.3. The summed E-state index contributed by atoms with van der Waals surface area (Å²) in [5.41, 5.74) is 7.01. The van der Waals surface area contributed by atoms with Crippen LogP contribution in [0, 0.1) is 27.7 Å². The molecule has 4 atom stereocenters. The Morgan fingerprint density at radius 2 is 1.13 bits per heavy atom. The molecule has 2 N–H and O–H groups in total. The van der Waals surface area contributed by atoms with Crippen molar-refractivity contribution >= 4 is 14.4 Å². The summed E-state index contributed by atoms with van der Waals surface area (Å²) in [6.07, 6.45) is 8.37. The summed E-state index contributed by atoms with van der Waals surface area (Å²) in [6, 6.07) is 8.68. The van der Waals surface area contributed by atoms with Crippen molar-refractivity contribution in [1.29, 1.82) is 0 Å². The Morgan fingerprint density at radius 3 is 1.55 bits per heavy atom. The number of rotatable bonds is 4. The SMILES string of the molecule is Cc1cc(C)c(O)c(C[S]2=[Hf]=[S](Cc3cc(C)cc(C)c3O)[C@H]3CCCCCC[C@@H]32)c1. The monoisotopic (exact) mass is 624 g/mol. The molecule has 0 radical (unpaired) electrons. The summed E-state index contributed by atoms with van der Waals surface area (Å²) >= 11 is -0.890. The van der Waals surface area contributed by atoms with E-state index < -0.39 is 18.9 Å². The molecular formula is C26H36HfO2S2. The third kappa shape index (κ3) is 5.41. The van der Waals surface area contributed by atoms with Crippen molar-refractivity contribution < 1.29 is 29.1 Å². The van der Waals surface area contributed by atoms with E-state index in [4.69, 9.17) is 0 Å². The maximum atomic E-state index is 10.8. The van der Waals surface area contributed by atoms with Gasteiger partial charge in [-0.3, -0.25) is 0 Å². The maximum absolute atomic E-state index is 10.8. The Balaban J connectivity index is 1.72. The van der Waals surface area contributed by atoms with E-state index >= 15 is 0 Å². The van der Waals surface area contributed by atoms with Gasteiger partial charge in [0, 0.05) is 0 Å². The Labute approximate surface area is 199 Å². The standard InChI is InChI=1S/C26H36O2S2.Hf/c1-17-11-19(3)25(27)21(13-17)15-29-23-9-7-5-6-8-10-24(23)30-16-22-14-18(2)12-20(4)26(22)28;/h11-14,23-24,27-28H,5-10,15-16H2,1-4H3;/t23-,24-;/m0./s1. The summed E-state index contributed by atoms with van der Waals surface area (Å²) in [5.74, 6) is 3.31. The zero-order chi connectivity index (χ0) is 22.1. The van der Waals surface area contributed by atoms with E-state index in [0.717, 1.165) is 33.1 Å². The van der Waals surface area contributed by atoms with Crippen LogP contribution < -0.4 is 0 Å². The summed E-state index contributed by atoms with van der Waals surface area (Å²) in [7, 11) is 1.01. The van der Waals surface area contributed by atoms with E-state index in [1.165, 1.54) is 60.8 Å². The molecule has 2 aromatic carbocycles. The van der Waals surface area contributed by atoms with Crippen molar-refractivity contribution in [3.63, 3.8) is 0 Å². The zero-order valence-electron chi connectivity index (χ0n) is 19.3. The molecule has 0 saturated heterocycles. The second-order valence-electron chi connectivity index (χ2n) is 9.48. The third-order valence-electron chi connectivity index (χ3n) is 6.76. The van der Waals surface area contributed by atoms with Crippen LogP contribution in [0.15, 0.2) is 24.3 Å². The average molecular weight is 623 g/mol. The van der Waals surface area contributed by atoms with Crippen molar-refractivity contribution in [1.82, 2.24) is 0 Å². The molecule has 1 heterocycles. The molecular weight excluding hydrogens is 587 g/mol. The second kappa shape index (κ2) is 10.3. The van der Waals surface area contributed by atoms with Gasteiger partial charge in [0.1, 0.15) is 0 Å². The van der Waals surface area contributed by atoms with Gasteiger partial charge < -0.3 is 0 Å². The topological polar surface area (TPSA) is 40.5 Å². The Kier molecular flexibility index (Phi) is 7.86. The van der Waals surface area contributed by atoms with Crippen molar-refractivity contribution in [2.24, 2.45) is 0 Å². The van der Waals surface area contributed by atoms with Crippen LogP contribution in [-0.2, 0) is 30.4 Å². The number of fused-ring (bicyclic) bond motifs is 1. The van der Waals surface area contributed by atoms with Gasteiger partial charge in [-0.1, -0.05) is 0 Å². The van der Waals surface area contributed by atoms with E-state index in [1.54, 1.807) is 0 Å². The molecule has 1 saturated carbocycles. The molecule has 31 heavy (non-hydrogen) atoms. The first-order valence-corrected chi connectivity index (χ1v) is 23.3. The normalized spacial score (nSPS) is 25.8. The summed E-state index contributed by atoms with van der Waals surface area (Å²) < 4.78 is 0. The van der Waals surface area contributed by atoms with Crippen molar-refractivity contribution in [3.05, 3.63) is 57.6 Å². The molecule has 2 unspecified atom stereocenters. The van der Waals surface area contributed by atoms with Gasteiger partial charge in [-0.15, -0.1) is 0 Å². The van der Waals surface area contributed by atoms with E-state index in [1.807, 2.05) is 13.8 Å². The molecule has 1 aliphatic heterocycles. The molecule has 0 amide bonds. The predicted octanol–water partition coefficient (Wildman–Crippen LogP) is 7.59. The van der Waals surface area contributed by atoms with Gasteiger partial charge in [0.05, 0.1) is 0 Å². The number of hydrogen-bond acceptors (Lipinski definition) is 2. The van der Waals surface area contributed by atoms with Gasteiger partial charge in [0.15, 0.2) is 0 Å².